The molecule has 0 bridgehead atoms. The lowest BCUT2D eigenvalue weighted by molar-refractivity contribution is -0.111. The van der Waals surface area contributed by atoms with E-state index in [1.807, 2.05) is 30.3 Å². The summed E-state index contributed by atoms with van der Waals surface area (Å²) >= 11 is 1.13. The van der Waals surface area contributed by atoms with Gasteiger partial charge in [-0.1, -0.05) is 30.3 Å². The highest BCUT2D eigenvalue weighted by molar-refractivity contribution is 7.18. The highest BCUT2D eigenvalue weighted by atomic mass is 32.1. The van der Waals surface area contributed by atoms with Crippen molar-refractivity contribution in [1.29, 1.82) is 0 Å². The maximum Gasteiger partial charge on any atom is 0.341 e. The number of thiophene rings is 1. The van der Waals surface area contributed by atoms with E-state index in [1.165, 1.54) is 6.08 Å². The molecule has 32 heavy (non-hydrogen) atoms. The van der Waals surface area contributed by atoms with Gasteiger partial charge in [-0.25, -0.2) is 4.79 Å². The summed E-state index contributed by atoms with van der Waals surface area (Å²) in [7, 11) is 2.06. The van der Waals surface area contributed by atoms with Gasteiger partial charge in [-0.2, -0.15) is 0 Å². The number of rotatable bonds is 8. The summed E-state index contributed by atoms with van der Waals surface area (Å²) in [5.74, 6) is -0.969. The second-order valence-corrected chi connectivity index (χ2v) is 8.74. The normalized spacial score (nSPS) is 15.1. The molecule has 0 radical (unpaired) electrons. The first-order chi connectivity index (χ1) is 15.4. The maximum atomic E-state index is 13.0. The van der Waals surface area contributed by atoms with E-state index >= 15 is 0 Å². The standard InChI is InChI=1S/C24H29N3O4S/c1-4-31-24(30)21-17(2)22(19(28)16-27-14-12-26(3)13-15-27)32-23(21)25-20(29)11-10-18-8-6-5-7-9-18/h5-11H,4,12-16H2,1-3H3,(H,25,29)/b11-10+. The number of anilines is 1. The molecule has 170 valence electrons. The van der Waals surface area contributed by atoms with Crippen molar-refractivity contribution in [2.75, 3.05) is 51.7 Å². The Morgan fingerprint density at radius 2 is 1.81 bits per heavy atom. The Balaban J connectivity index is 1.79. The van der Waals surface area contributed by atoms with Crippen LogP contribution in [0, 0.1) is 6.92 Å². The van der Waals surface area contributed by atoms with Gasteiger partial charge in [0, 0.05) is 32.3 Å². The fourth-order valence-electron chi connectivity index (χ4n) is 3.49. The Labute approximate surface area is 192 Å². The fraction of sp³-hybridized carbons (Fsp3) is 0.375. The number of hydrogen-bond donors (Lipinski definition) is 1. The van der Waals surface area contributed by atoms with Crippen LogP contribution in [-0.2, 0) is 9.53 Å². The average Bonchev–Trinajstić information content (AvgIpc) is 3.10. The number of Topliss-reactive ketones (excluding diaryl/α,β-unsaturated/α-hetero) is 1. The van der Waals surface area contributed by atoms with Crippen LogP contribution in [0.1, 0.15) is 38.1 Å². The number of carbonyl (C=O) groups is 3. The van der Waals surface area contributed by atoms with Gasteiger partial charge in [0.15, 0.2) is 5.78 Å². The van der Waals surface area contributed by atoms with Gasteiger partial charge in [0.2, 0.25) is 5.91 Å². The van der Waals surface area contributed by atoms with Crippen LogP contribution in [-0.4, -0.2) is 73.8 Å². The van der Waals surface area contributed by atoms with Crippen molar-refractivity contribution in [3.63, 3.8) is 0 Å². The van der Waals surface area contributed by atoms with Crippen molar-refractivity contribution < 1.29 is 19.1 Å². The predicted octanol–water partition coefficient (Wildman–Crippen LogP) is 3.32. The fourth-order valence-corrected chi connectivity index (χ4v) is 4.61. The molecular formula is C24H29N3O4S. The number of nitrogens with zero attached hydrogens (tertiary/aromatic N) is 2. The number of amides is 1. The van der Waals surface area contributed by atoms with Gasteiger partial charge < -0.3 is 15.0 Å². The van der Waals surface area contributed by atoms with E-state index in [0.717, 1.165) is 43.1 Å². The SMILES string of the molecule is CCOC(=O)c1c(NC(=O)/C=C/c2ccccc2)sc(C(=O)CN2CCN(C)CC2)c1C. The Bertz CT molecular complexity index is 992. The molecule has 1 amide bonds. The zero-order valence-electron chi connectivity index (χ0n) is 18.7. The van der Waals surface area contributed by atoms with Gasteiger partial charge in [0.25, 0.3) is 0 Å². The number of piperazine rings is 1. The molecule has 2 heterocycles. The summed E-state index contributed by atoms with van der Waals surface area (Å²) in [5, 5.41) is 3.10. The molecule has 1 aliphatic heterocycles. The molecule has 1 fully saturated rings. The lowest BCUT2D eigenvalue weighted by Crippen LogP contribution is -2.46. The van der Waals surface area contributed by atoms with Crippen molar-refractivity contribution >= 4 is 40.1 Å². The van der Waals surface area contributed by atoms with E-state index in [9.17, 15) is 14.4 Å². The highest BCUT2D eigenvalue weighted by Crippen LogP contribution is 2.34. The number of carbonyl (C=O) groups excluding carboxylic acids is 3. The van der Waals surface area contributed by atoms with Crippen LogP contribution in [0.15, 0.2) is 36.4 Å². The van der Waals surface area contributed by atoms with E-state index in [1.54, 1.807) is 19.9 Å². The van der Waals surface area contributed by atoms with E-state index in [2.05, 4.69) is 22.2 Å². The summed E-state index contributed by atoms with van der Waals surface area (Å²) in [5.41, 5.74) is 1.69. The number of likely N-dealkylation sites (N-methyl/N-ethyl adjacent to an activating group) is 1. The molecule has 3 rings (SSSR count). The summed E-state index contributed by atoms with van der Waals surface area (Å²) < 4.78 is 5.19. The summed E-state index contributed by atoms with van der Waals surface area (Å²) in [6.07, 6.45) is 3.10. The monoisotopic (exact) mass is 455 g/mol. The molecule has 1 N–H and O–H groups in total. The van der Waals surface area contributed by atoms with Crippen molar-refractivity contribution in [2.45, 2.75) is 13.8 Å². The molecule has 1 aromatic carbocycles. The van der Waals surface area contributed by atoms with Gasteiger partial charge in [0.05, 0.1) is 23.6 Å². The third-order valence-electron chi connectivity index (χ3n) is 5.31. The molecule has 0 unspecified atom stereocenters. The second kappa shape index (κ2) is 11.2. The number of hydrogen-bond acceptors (Lipinski definition) is 7. The Hall–Kier alpha value is -2.81. The molecule has 1 saturated heterocycles. The molecule has 0 saturated carbocycles. The first-order valence-electron chi connectivity index (χ1n) is 10.7. The van der Waals surface area contributed by atoms with Crippen molar-refractivity contribution in [3.8, 4) is 0 Å². The molecule has 0 atom stereocenters. The number of ketones is 1. The summed E-state index contributed by atoms with van der Waals surface area (Å²) in [6, 6.07) is 9.45. The lowest BCUT2D eigenvalue weighted by Gasteiger charge is -2.31. The molecule has 2 aromatic rings. The van der Waals surface area contributed by atoms with Crippen LogP contribution in [0.3, 0.4) is 0 Å². The molecular weight excluding hydrogens is 426 g/mol. The third kappa shape index (κ3) is 6.12. The van der Waals surface area contributed by atoms with Crippen molar-refractivity contribution in [2.24, 2.45) is 0 Å². The molecule has 0 aliphatic carbocycles. The average molecular weight is 456 g/mol. The Morgan fingerprint density at radius 1 is 1.12 bits per heavy atom. The van der Waals surface area contributed by atoms with E-state index in [4.69, 9.17) is 4.74 Å². The smallest absolute Gasteiger partial charge is 0.341 e. The topological polar surface area (TPSA) is 78.9 Å². The highest BCUT2D eigenvalue weighted by Gasteiger charge is 2.27. The van der Waals surface area contributed by atoms with E-state index < -0.39 is 5.97 Å². The van der Waals surface area contributed by atoms with Gasteiger partial charge in [0.1, 0.15) is 5.00 Å². The third-order valence-corrected chi connectivity index (χ3v) is 6.55. The molecule has 7 nitrogen and oxygen atoms in total. The second-order valence-electron chi connectivity index (χ2n) is 7.72. The van der Waals surface area contributed by atoms with Crippen molar-refractivity contribution in [1.82, 2.24) is 9.80 Å². The quantitative estimate of drug-likeness (QED) is 0.374. The van der Waals surface area contributed by atoms with E-state index in [0.29, 0.717) is 22.0 Å². The predicted molar refractivity (Wildman–Crippen MR) is 127 cm³/mol. The van der Waals surface area contributed by atoms with Crippen LogP contribution < -0.4 is 5.32 Å². The molecule has 1 aliphatic rings. The minimum absolute atomic E-state index is 0.0528. The van der Waals surface area contributed by atoms with Gasteiger partial charge in [-0.15, -0.1) is 11.3 Å². The lowest BCUT2D eigenvalue weighted by atomic mass is 10.1. The summed E-state index contributed by atoms with van der Waals surface area (Å²) in [4.78, 5) is 43.0. The largest absolute Gasteiger partial charge is 0.462 e. The minimum Gasteiger partial charge on any atom is -0.462 e. The first kappa shape index (κ1) is 23.8. The minimum atomic E-state index is -0.540. The van der Waals surface area contributed by atoms with E-state index in [-0.39, 0.29) is 23.9 Å². The summed E-state index contributed by atoms with van der Waals surface area (Å²) in [6.45, 7) is 7.43. The zero-order chi connectivity index (χ0) is 23.1. The maximum absolute atomic E-state index is 13.0. The van der Waals surface area contributed by atoms with Gasteiger partial charge in [-0.3, -0.25) is 14.5 Å². The number of ether oxygens (including phenoxy) is 1. The van der Waals surface area contributed by atoms with Crippen LogP contribution in [0.25, 0.3) is 6.08 Å². The Morgan fingerprint density at radius 3 is 2.47 bits per heavy atom. The Kier molecular flexibility index (Phi) is 8.33. The first-order valence-corrected chi connectivity index (χ1v) is 11.5. The van der Waals surface area contributed by atoms with Crippen LogP contribution in [0.5, 0.6) is 0 Å². The molecule has 1 aromatic heterocycles. The van der Waals surface area contributed by atoms with Crippen LogP contribution >= 0.6 is 11.3 Å². The zero-order valence-corrected chi connectivity index (χ0v) is 19.5. The van der Waals surface area contributed by atoms with Crippen molar-refractivity contribution in [3.05, 3.63) is 58.0 Å². The van der Waals surface area contributed by atoms with Gasteiger partial charge in [-0.05, 0) is 38.1 Å². The molecule has 8 heteroatoms. The van der Waals surface area contributed by atoms with Gasteiger partial charge >= 0.3 is 5.97 Å². The van der Waals surface area contributed by atoms with Crippen LogP contribution in [0.4, 0.5) is 5.00 Å². The van der Waals surface area contributed by atoms with Crippen LogP contribution in [0.2, 0.25) is 0 Å². The number of benzene rings is 1. The number of nitrogens with one attached hydrogen (secondary N) is 1. The molecule has 0 spiro atoms. The number of esters is 1.